The lowest BCUT2D eigenvalue weighted by Crippen LogP contribution is -2.20. The Kier molecular flexibility index (Phi) is 6.03. The maximum atomic E-state index is 13.6. The van der Waals surface area contributed by atoms with Crippen molar-refractivity contribution in [1.29, 1.82) is 0 Å². The summed E-state index contributed by atoms with van der Waals surface area (Å²) in [6.45, 7) is 5.55. The molecule has 34 heavy (non-hydrogen) atoms. The molecule has 0 atom stereocenters. The number of amides is 1. The van der Waals surface area contributed by atoms with Crippen molar-refractivity contribution in [2.45, 2.75) is 38.9 Å². The van der Waals surface area contributed by atoms with Gasteiger partial charge in [0.1, 0.15) is 12.0 Å². The van der Waals surface area contributed by atoms with Crippen LogP contribution >= 0.6 is 23.2 Å². The van der Waals surface area contributed by atoms with Crippen LogP contribution in [0, 0.1) is 0 Å². The summed E-state index contributed by atoms with van der Waals surface area (Å²) >= 11 is 11.9. The van der Waals surface area contributed by atoms with Crippen LogP contribution in [0.25, 0.3) is 5.65 Å². The van der Waals surface area contributed by atoms with Crippen LogP contribution in [0.4, 0.5) is 19.1 Å². The Morgan fingerprint density at radius 3 is 2.44 bits per heavy atom. The highest BCUT2D eigenvalue weighted by Gasteiger charge is 2.36. The molecule has 0 saturated heterocycles. The Morgan fingerprint density at radius 2 is 1.79 bits per heavy atom. The van der Waals surface area contributed by atoms with Gasteiger partial charge < -0.3 is 0 Å². The minimum Gasteiger partial charge on any atom is -0.288 e. The zero-order valence-electron chi connectivity index (χ0n) is 18.2. The van der Waals surface area contributed by atoms with Crippen molar-refractivity contribution < 1.29 is 18.0 Å². The molecular formula is C21H18Cl2F3N7O. The van der Waals surface area contributed by atoms with E-state index in [2.05, 4.69) is 25.5 Å². The number of alkyl halides is 3. The van der Waals surface area contributed by atoms with Crippen molar-refractivity contribution in [3.05, 3.63) is 69.3 Å². The number of rotatable bonds is 4. The molecule has 3 heterocycles. The molecular weight excluding hydrogens is 494 g/mol. The van der Waals surface area contributed by atoms with Crippen molar-refractivity contribution in [2.24, 2.45) is 0 Å². The molecule has 0 saturated carbocycles. The monoisotopic (exact) mass is 511 g/mol. The average Bonchev–Trinajstić information content (AvgIpc) is 3.35. The topological polar surface area (TPSA) is 90.0 Å². The van der Waals surface area contributed by atoms with Gasteiger partial charge in [0.2, 0.25) is 5.95 Å². The van der Waals surface area contributed by atoms with E-state index >= 15 is 0 Å². The van der Waals surface area contributed by atoms with Crippen LogP contribution in [0.3, 0.4) is 0 Å². The summed E-state index contributed by atoms with van der Waals surface area (Å²) in [7, 11) is 0. The molecule has 0 fully saturated rings. The third kappa shape index (κ3) is 5.00. The van der Waals surface area contributed by atoms with Crippen LogP contribution in [0.2, 0.25) is 10.0 Å². The molecule has 0 aliphatic carbocycles. The second kappa shape index (κ2) is 8.55. The minimum absolute atomic E-state index is 0.0403. The molecule has 1 aromatic carbocycles. The average molecular weight is 512 g/mol. The van der Waals surface area contributed by atoms with E-state index in [1.807, 2.05) is 0 Å². The number of carbonyl (C=O) groups excluding carboxylic acids is 1. The maximum absolute atomic E-state index is 13.6. The fourth-order valence-corrected chi connectivity index (χ4v) is 3.41. The first-order chi connectivity index (χ1) is 15.8. The number of aromatic nitrogens is 6. The van der Waals surface area contributed by atoms with Gasteiger partial charge in [-0.25, -0.2) is 19.2 Å². The number of carbonyl (C=O) groups is 1. The van der Waals surface area contributed by atoms with Gasteiger partial charge in [-0.1, -0.05) is 50.0 Å². The Hall–Kier alpha value is -3.18. The summed E-state index contributed by atoms with van der Waals surface area (Å²) in [4.78, 5) is 20.9. The van der Waals surface area contributed by atoms with Gasteiger partial charge in [0.25, 0.3) is 5.91 Å². The highest BCUT2D eigenvalue weighted by Crippen LogP contribution is 2.32. The van der Waals surface area contributed by atoms with E-state index < -0.39 is 23.2 Å². The van der Waals surface area contributed by atoms with Crippen molar-refractivity contribution in [1.82, 2.24) is 29.4 Å². The number of hydrogen-bond donors (Lipinski definition) is 1. The lowest BCUT2D eigenvalue weighted by Gasteiger charge is -2.19. The van der Waals surface area contributed by atoms with E-state index in [1.165, 1.54) is 17.1 Å². The lowest BCUT2D eigenvalue weighted by atomic mass is 9.91. The normalized spacial score (nSPS) is 12.4. The zero-order chi connectivity index (χ0) is 24.8. The van der Waals surface area contributed by atoms with Crippen molar-refractivity contribution in [2.75, 3.05) is 5.32 Å². The molecule has 0 unspecified atom stereocenters. The maximum Gasteiger partial charge on any atom is 0.433 e. The van der Waals surface area contributed by atoms with Gasteiger partial charge in [0, 0.05) is 11.5 Å². The number of hydrogen-bond acceptors (Lipinski definition) is 5. The van der Waals surface area contributed by atoms with Gasteiger partial charge in [0.05, 0.1) is 22.3 Å². The quantitative estimate of drug-likeness (QED) is 0.404. The van der Waals surface area contributed by atoms with Gasteiger partial charge >= 0.3 is 6.18 Å². The molecule has 0 bridgehead atoms. The Morgan fingerprint density at radius 1 is 1.06 bits per heavy atom. The molecule has 8 nitrogen and oxygen atoms in total. The van der Waals surface area contributed by atoms with E-state index in [1.54, 1.807) is 39.0 Å². The molecule has 178 valence electrons. The molecule has 1 N–H and O–H groups in total. The summed E-state index contributed by atoms with van der Waals surface area (Å²) in [6.07, 6.45) is -3.30. The molecule has 4 aromatic rings. The Bertz CT molecular complexity index is 1390. The van der Waals surface area contributed by atoms with E-state index in [-0.39, 0.29) is 23.0 Å². The second-order valence-electron chi connectivity index (χ2n) is 8.54. The van der Waals surface area contributed by atoms with Crippen LogP contribution < -0.4 is 5.32 Å². The highest BCUT2D eigenvalue weighted by atomic mass is 35.5. The van der Waals surface area contributed by atoms with Gasteiger partial charge in [-0.15, -0.1) is 5.10 Å². The first-order valence-corrected chi connectivity index (χ1v) is 10.7. The number of fused-ring (bicyclic) bond motifs is 1. The van der Waals surface area contributed by atoms with E-state index in [0.717, 1.165) is 11.6 Å². The standard InChI is InChI=1S/C21H18Cl2F3N7O/c1-20(2,3)15-8-16(21(24,25)26)33-17(28-15)7-14(30-33)18(34)29-19-27-10-32(31-19)9-11-4-5-12(22)13(23)6-11/h4-8,10H,9H2,1-3H3,(H,29,31,34). The fraction of sp³-hybridized carbons (Fsp3) is 0.286. The molecule has 3 aromatic heterocycles. The van der Waals surface area contributed by atoms with Crippen LogP contribution in [-0.2, 0) is 18.1 Å². The second-order valence-corrected chi connectivity index (χ2v) is 9.36. The molecule has 0 spiro atoms. The van der Waals surface area contributed by atoms with Gasteiger partial charge in [0.15, 0.2) is 11.3 Å². The van der Waals surface area contributed by atoms with E-state index in [9.17, 15) is 18.0 Å². The Labute approximate surface area is 201 Å². The number of halogens is 5. The van der Waals surface area contributed by atoms with Crippen LogP contribution in [0.15, 0.2) is 36.7 Å². The highest BCUT2D eigenvalue weighted by molar-refractivity contribution is 6.42. The molecule has 13 heteroatoms. The van der Waals surface area contributed by atoms with Crippen molar-refractivity contribution >= 4 is 40.7 Å². The van der Waals surface area contributed by atoms with Gasteiger partial charge in [-0.3, -0.25) is 10.1 Å². The predicted octanol–water partition coefficient (Wildman–Crippen LogP) is 5.24. The SMILES string of the molecule is CC(C)(C)c1cc(C(F)(F)F)n2nc(C(=O)Nc3ncn(Cc4ccc(Cl)c(Cl)c4)n3)cc2n1. The number of anilines is 1. The zero-order valence-corrected chi connectivity index (χ0v) is 19.7. The third-order valence-corrected chi connectivity index (χ3v) is 5.55. The number of nitrogens with zero attached hydrogens (tertiary/aromatic N) is 6. The predicted molar refractivity (Wildman–Crippen MR) is 120 cm³/mol. The number of benzene rings is 1. The van der Waals surface area contributed by atoms with Crippen molar-refractivity contribution in [3.8, 4) is 0 Å². The summed E-state index contributed by atoms with van der Waals surface area (Å²) in [5, 5.41) is 11.2. The molecule has 0 aliphatic heterocycles. The Balaban J connectivity index is 1.58. The van der Waals surface area contributed by atoms with E-state index in [4.69, 9.17) is 23.2 Å². The van der Waals surface area contributed by atoms with Crippen LogP contribution in [0.5, 0.6) is 0 Å². The number of nitrogens with one attached hydrogen (secondary N) is 1. The van der Waals surface area contributed by atoms with Crippen LogP contribution in [0.1, 0.15) is 48.2 Å². The smallest absolute Gasteiger partial charge is 0.288 e. The first kappa shape index (κ1) is 24.0. The van der Waals surface area contributed by atoms with E-state index in [0.29, 0.717) is 21.1 Å². The molecule has 0 radical (unpaired) electrons. The molecule has 4 rings (SSSR count). The molecule has 1 amide bonds. The minimum atomic E-state index is -4.69. The van der Waals surface area contributed by atoms with Gasteiger partial charge in [-0.2, -0.15) is 18.3 Å². The molecule has 0 aliphatic rings. The fourth-order valence-electron chi connectivity index (χ4n) is 3.09. The summed E-state index contributed by atoms with van der Waals surface area (Å²) in [5.41, 5.74) is -0.988. The van der Waals surface area contributed by atoms with Gasteiger partial charge in [-0.05, 0) is 23.8 Å². The summed E-state index contributed by atoms with van der Waals surface area (Å²) in [5.74, 6) is -0.815. The first-order valence-electron chi connectivity index (χ1n) is 9.94. The van der Waals surface area contributed by atoms with Crippen LogP contribution in [-0.4, -0.2) is 35.3 Å². The third-order valence-electron chi connectivity index (χ3n) is 4.81. The summed E-state index contributed by atoms with van der Waals surface area (Å²) < 4.78 is 43.0. The van der Waals surface area contributed by atoms with Crippen molar-refractivity contribution in [3.63, 3.8) is 0 Å². The summed E-state index contributed by atoms with van der Waals surface area (Å²) in [6, 6.07) is 7.22. The lowest BCUT2D eigenvalue weighted by molar-refractivity contribution is -0.142. The largest absolute Gasteiger partial charge is 0.433 e.